The van der Waals surface area contributed by atoms with E-state index < -0.39 is 60.6 Å². The van der Waals surface area contributed by atoms with E-state index >= 15 is 0 Å². The van der Waals surface area contributed by atoms with Crippen molar-refractivity contribution in [3.8, 4) is 11.5 Å². The summed E-state index contributed by atoms with van der Waals surface area (Å²) < 4.78 is 141. The van der Waals surface area contributed by atoms with Gasteiger partial charge in [-0.15, -0.1) is 13.2 Å². The van der Waals surface area contributed by atoms with Gasteiger partial charge in [0, 0.05) is 23.9 Å². The van der Waals surface area contributed by atoms with Gasteiger partial charge in [0.05, 0.1) is 23.8 Å². The molecule has 1 N–H and O–H groups in total. The number of anilines is 1. The fourth-order valence-corrected chi connectivity index (χ4v) is 4.45. The number of hydrogen-bond donors (Lipinski definition) is 1. The fourth-order valence-electron chi connectivity index (χ4n) is 4.45. The van der Waals surface area contributed by atoms with E-state index in [0.29, 0.717) is 17.7 Å². The average Bonchev–Trinajstić information content (AvgIpc) is 2.95. The number of halogens is 10. The predicted molar refractivity (Wildman–Crippen MR) is 143 cm³/mol. The van der Waals surface area contributed by atoms with Crippen LogP contribution in [0.25, 0.3) is 0 Å². The number of benzene rings is 4. The summed E-state index contributed by atoms with van der Waals surface area (Å²) in [5.74, 6) is -1.51. The van der Waals surface area contributed by atoms with Crippen LogP contribution >= 0.6 is 0 Å². The first-order valence-corrected chi connectivity index (χ1v) is 13.0. The van der Waals surface area contributed by atoms with Crippen molar-refractivity contribution in [3.63, 3.8) is 0 Å². The van der Waals surface area contributed by atoms with Gasteiger partial charge in [0.25, 0.3) is 0 Å². The lowest BCUT2D eigenvalue weighted by Crippen LogP contribution is -2.31. The van der Waals surface area contributed by atoms with E-state index in [-0.39, 0.29) is 29.2 Å². The molecule has 0 amide bonds. The van der Waals surface area contributed by atoms with Gasteiger partial charge in [0.15, 0.2) is 0 Å². The summed E-state index contributed by atoms with van der Waals surface area (Å²) >= 11 is 0. The second-order valence-corrected chi connectivity index (χ2v) is 9.73. The van der Waals surface area contributed by atoms with E-state index in [2.05, 4.69) is 4.74 Å². The number of ether oxygens (including phenoxy) is 2. The summed E-state index contributed by atoms with van der Waals surface area (Å²) in [5, 5.41) is 10.3. The molecule has 1 atom stereocenters. The minimum absolute atomic E-state index is 0.164. The number of nitrogens with zero attached hydrogens (tertiary/aromatic N) is 1. The van der Waals surface area contributed by atoms with Crippen LogP contribution in [-0.4, -0.2) is 18.1 Å². The van der Waals surface area contributed by atoms with Gasteiger partial charge in [-0.25, -0.2) is 4.39 Å². The number of hydrogen-bond acceptors (Lipinski definition) is 4. The Morgan fingerprint density at radius 1 is 0.689 bits per heavy atom. The maximum absolute atomic E-state index is 14.9. The first kappa shape index (κ1) is 33.4. The van der Waals surface area contributed by atoms with Gasteiger partial charge in [0.2, 0.25) is 0 Å². The Labute approximate surface area is 250 Å². The molecule has 14 heteroatoms. The SMILES string of the molecule is OCC(c1ccc(C(F)(F)F)cc1)N(Cc1ccc(C(F)(F)F)cc1F)c1cccc(OCc2cccc(OC(F)(F)F)c2)c1. The number of aliphatic hydroxyl groups excluding tert-OH is 1. The summed E-state index contributed by atoms with van der Waals surface area (Å²) in [7, 11) is 0. The number of alkyl halides is 9. The molecule has 4 aromatic rings. The molecule has 0 heterocycles. The van der Waals surface area contributed by atoms with Crippen LogP contribution < -0.4 is 14.4 Å². The maximum atomic E-state index is 14.9. The van der Waals surface area contributed by atoms with Crippen molar-refractivity contribution >= 4 is 5.69 Å². The molecule has 0 aliphatic carbocycles. The normalized spacial score (nSPS) is 13.0. The maximum Gasteiger partial charge on any atom is 0.573 e. The third-order valence-corrected chi connectivity index (χ3v) is 6.58. The molecule has 0 bridgehead atoms. The second-order valence-electron chi connectivity index (χ2n) is 9.73. The molecule has 0 saturated heterocycles. The average molecular weight is 648 g/mol. The van der Waals surface area contributed by atoms with E-state index in [4.69, 9.17) is 4.74 Å². The highest BCUT2D eigenvalue weighted by Gasteiger charge is 2.33. The summed E-state index contributed by atoms with van der Waals surface area (Å²) in [6, 6.07) is 15.6. The van der Waals surface area contributed by atoms with Crippen LogP contribution in [0.3, 0.4) is 0 Å². The molecule has 0 spiro atoms. The van der Waals surface area contributed by atoms with Crippen LogP contribution in [0.15, 0.2) is 91.0 Å². The first-order chi connectivity index (χ1) is 21.0. The van der Waals surface area contributed by atoms with Gasteiger partial charge in [-0.2, -0.15) is 26.3 Å². The van der Waals surface area contributed by atoms with E-state index in [9.17, 15) is 49.0 Å². The summed E-state index contributed by atoms with van der Waals surface area (Å²) in [5.41, 5.74) is -1.66. The van der Waals surface area contributed by atoms with Crippen molar-refractivity contribution in [2.45, 2.75) is 37.9 Å². The Morgan fingerprint density at radius 3 is 1.91 bits per heavy atom. The molecular formula is C31H23F10NO3. The third kappa shape index (κ3) is 9.03. The summed E-state index contributed by atoms with van der Waals surface area (Å²) in [6.07, 6.45) is -14.3. The van der Waals surface area contributed by atoms with Crippen molar-refractivity contribution in [3.05, 3.63) is 125 Å². The lowest BCUT2D eigenvalue weighted by Gasteiger charge is -2.34. The highest BCUT2D eigenvalue weighted by atomic mass is 19.4. The molecule has 45 heavy (non-hydrogen) atoms. The van der Waals surface area contributed by atoms with Gasteiger partial charge in [-0.1, -0.05) is 36.4 Å². The van der Waals surface area contributed by atoms with Gasteiger partial charge < -0.3 is 19.5 Å². The number of rotatable bonds is 10. The molecule has 0 aromatic heterocycles. The highest BCUT2D eigenvalue weighted by molar-refractivity contribution is 5.54. The monoisotopic (exact) mass is 647 g/mol. The quantitative estimate of drug-likeness (QED) is 0.175. The molecule has 240 valence electrons. The Hall–Kier alpha value is -4.46. The van der Waals surface area contributed by atoms with Crippen molar-refractivity contribution in [1.82, 2.24) is 0 Å². The molecule has 0 fully saturated rings. The third-order valence-electron chi connectivity index (χ3n) is 6.58. The molecule has 0 radical (unpaired) electrons. The van der Waals surface area contributed by atoms with E-state index in [1.54, 1.807) is 0 Å². The molecule has 1 unspecified atom stereocenters. The second kappa shape index (κ2) is 13.3. The standard InChI is InChI=1S/C31H23F10NO3/c32-27-14-23(30(36,37)38)12-9-21(27)16-42(28(17-43)20-7-10-22(11-8-20)29(33,34)35)24-4-2-5-25(15-24)44-18-19-3-1-6-26(13-19)45-31(39,40)41/h1-15,28,43H,16-18H2. The minimum atomic E-state index is -4.90. The zero-order valence-electron chi connectivity index (χ0n) is 22.8. The molecule has 0 aliphatic heterocycles. The molecule has 4 nitrogen and oxygen atoms in total. The first-order valence-electron chi connectivity index (χ1n) is 13.0. The Kier molecular flexibility index (Phi) is 9.86. The molecule has 0 aliphatic rings. The lowest BCUT2D eigenvalue weighted by atomic mass is 10.0. The predicted octanol–water partition coefficient (Wildman–Crippen LogP) is 9.08. The Bertz CT molecular complexity index is 1580. The van der Waals surface area contributed by atoms with Crippen molar-refractivity contribution < 1.29 is 58.5 Å². The van der Waals surface area contributed by atoms with E-state index in [1.807, 2.05) is 0 Å². The van der Waals surface area contributed by atoms with Crippen LogP contribution in [0.2, 0.25) is 0 Å². The van der Waals surface area contributed by atoms with Crippen LogP contribution in [0.1, 0.15) is 33.9 Å². The number of aliphatic hydroxyl groups is 1. The van der Waals surface area contributed by atoms with Gasteiger partial charge >= 0.3 is 18.7 Å². The highest BCUT2D eigenvalue weighted by Crippen LogP contribution is 2.36. The lowest BCUT2D eigenvalue weighted by molar-refractivity contribution is -0.274. The molecular weight excluding hydrogens is 624 g/mol. The van der Waals surface area contributed by atoms with Crippen LogP contribution in [-0.2, 0) is 25.5 Å². The van der Waals surface area contributed by atoms with E-state index in [0.717, 1.165) is 42.5 Å². The minimum Gasteiger partial charge on any atom is -0.489 e. The largest absolute Gasteiger partial charge is 0.573 e. The zero-order chi connectivity index (χ0) is 33.0. The van der Waals surface area contributed by atoms with Crippen molar-refractivity contribution in [2.24, 2.45) is 0 Å². The van der Waals surface area contributed by atoms with E-state index in [1.165, 1.54) is 41.3 Å². The topological polar surface area (TPSA) is 41.9 Å². The van der Waals surface area contributed by atoms with Gasteiger partial charge in [-0.3, -0.25) is 0 Å². The Morgan fingerprint density at radius 2 is 1.31 bits per heavy atom. The zero-order valence-corrected chi connectivity index (χ0v) is 22.8. The molecule has 0 saturated carbocycles. The van der Waals surface area contributed by atoms with Crippen molar-refractivity contribution in [2.75, 3.05) is 11.5 Å². The molecule has 4 rings (SSSR count). The Balaban J connectivity index is 1.67. The molecule has 4 aromatic carbocycles. The smallest absolute Gasteiger partial charge is 0.489 e. The van der Waals surface area contributed by atoms with Gasteiger partial charge in [-0.05, 0) is 59.7 Å². The van der Waals surface area contributed by atoms with Gasteiger partial charge in [0.1, 0.15) is 23.9 Å². The van der Waals surface area contributed by atoms with Crippen LogP contribution in [0.5, 0.6) is 11.5 Å². The summed E-state index contributed by atoms with van der Waals surface area (Å²) in [6.45, 7) is -1.32. The summed E-state index contributed by atoms with van der Waals surface area (Å²) in [4.78, 5) is 1.37. The van der Waals surface area contributed by atoms with Crippen molar-refractivity contribution in [1.29, 1.82) is 0 Å². The van der Waals surface area contributed by atoms with Crippen LogP contribution in [0, 0.1) is 5.82 Å². The van der Waals surface area contributed by atoms with Crippen LogP contribution in [0.4, 0.5) is 49.6 Å². The fraction of sp³-hybridized carbons (Fsp3) is 0.226.